The topological polar surface area (TPSA) is 122 Å². The van der Waals surface area contributed by atoms with Gasteiger partial charge in [0.15, 0.2) is 0 Å². The predicted octanol–water partition coefficient (Wildman–Crippen LogP) is 6.45. The number of amides is 3. The molecule has 238 valence electrons. The van der Waals surface area contributed by atoms with Crippen LogP contribution in [0.1, 0.15) is 48.8 Å². The van der Waals surface area contributed by atoms with Gasteiger partial charge in [-0.15, -0.1) is 0 Å². The van der Waals surface area contributed by atoms with Crippen molar-refractivity contribution in [2.24, 2.45) is 11.7 Å². The van der Waals surface area contributed by atoms with E-state index in [4.69, 9.17) is 22.1 Å². The van der Waals surface area contributed by atoms with E-state index in [9.17, 15) is 9.59 Å². The number of likely N-dealkylation sites (tertiary alicyclic amines) is 1. The van der Waals surface area contributed by atoms with E-state index in [1.165, 1.54) is 30.0 Å². The van der Waals surface area contributed by atoms with Crippen molar-refractivity contribution in [2.75, 3.05) is 24.3 Å². The van der Waals surface area contributed by atoms with Gasteiger partial charge in [-0.1, -0.05) is 60.8 Å². The summed E-state index contributed by atoms with van der Waals surface area (Å²) in [6.07, 6.45) is 8.89. The van der Waals surface area contributed by atoms with E-state index < -0.39 is 34.9 Å². The molecule has 3 heterocycles. The molecule has 11 heteroatoms. The van der Waals surface area contributed by atoms with Crippen LogP contribution in [-0.4, -0.2) is 46.5 Å². The summed E-state index contributed by atoms with van der Waals surface area (Å²) in [5.74, 6) is -0.271. The van der Waals surface area contributed by atoms with Gasteiger partial charge < -0.3 is 20.7 Å². The molecule has 1 aliphatic heterocycles. The number of nitrogens with one attached hydrogen (secondary N) is 2. The second-order valence-electron chi connectivity index (χ2n) is 12.1. The number of ether oxygens (including phenoxy) is 1. The maximum absolute atomic E-state index is 15.4. The number of aromatic nitrogens is 2. The molecular weight excluding hydrogens is 607 g/mol. The minimum atomic E-state index is -1.01. The van der Waals surface area contributed by atoms with Gasteiger partial charge in [0.2, 0.25) is 5.91 Å². The number of rotatable bonds is 10. The van der Waals surface area contributed by atoms with Crippen molar-refractivity contribution in [3.05, 3.63) is 119 Å². The Balaban J connectivity index is 1.30. The van der Waals surface area contributed by atoms with Crippen molar-refractivity contribution in [3.63, 3.8) is 0 Å². The zero-order valence-electron chi connectivity index (χ0n) is 25.5. The summed E-state index contributed by atoms with van der Waals surface area (Å²) in [5.41, 5.74) is 7.51. The van der Waals surface area contributed by atoms with Gasteiger partial charge in [0.1, 0.15) is 23.3 Å². The highest BCUT2D eigenvalue weighted by Crippen LogP contribution is 2.42. The van der Waals surface area contributed by atoms with Gasteiger partial charge in [-0.2, -0.15) is 0 Å². The van der Waals surface area contributed by atoms with E-state index in [0.717, 1.165) is 17.5 Å². The molecule has 3 amide bonds. The summed E-state index contributed by atoms with van der Waals surface area (Å²) < 4.78 is 21.4. The van der Waals surface area contributed by atoms with Crippen molar-refractivity contribution in [1.29, 1.82) is 0 Å². The van der Waals surface area contributed by atoms with E-state index in [-0.39, 0.29) is 24.5 Å². The summed E-state index contributed by atoms with van der Waals surface area (Å²) in [4.78, 5) is 37.4. The maximum atomic E-state index is 15.4. The average Bonchev–Trinajstić information content (AvgIpc) is 3.83. The highest BCUT2D eigenvalue weighted by Gasteiger charge is 2.50. The predicted molar refractivity (Wildman–Crippen MR) is 175 cm³/mol. The van der Waals surface area contributed by atoms with Crippen molar-refractivity contribution in [2.45, 2.75) is 49.3 Å². The fourth-order valence-electron chi connectivity index (χ4n) is 6.23. The fraction of sp³-hybridized carbons (Fsp3) is 0.314. The second-order valence-corrected chi connectivity index (χ2v) is 12.5. The van der Waals surface area contributed by atoms with E-state index in [1.807, 2.05) is 42.5 Å². The highest BCUT2D eigenvalue weighted by atomic mass is 35.5. The molecule has 3 atom stereocenters. The molecule has 1 saturated carbocycles. The molecule has 2 aromatic carbocycles. The monoisotopic (exact) mass is 642 g/mol. The maximum Gasteiger partial charge on any atom is 0.323 e. The van der Waals surface area contributed by atoms with Gasteiger partial charge in [0, 0.05) is 32.1 Å². The van der Waals surface area contributed by atoms with Crippen LogP contribution in [-0.2, 0) is 20.7 Å². The Morgan fingerprint density at radius 1 is 1.07 bits per heavy atom. The van der Waals surface area contributed by atoms with Gasteiger partial charge in [0.25, 0.3) is 0 Å². The number of anilines is 2. The molecule has 0 bridgehead atoms. The van der Waals surface area contributed by atoms with Gasteiger partial charge in [-0.05, 0) is 71.8 Å². The molecule has 1 saturated heterocycles. The lowest BCUT2D eigenvalue weighted by Crippen LogP contribution is -2.45. The average molecular weight is 643 g/mol. The minimum Gasteiger partial charge on any atom is -0.372 e. The Hall–Kier alpha value is -4.38. The van der Waals surface area contributed by atoms with Gasteiger partial charge in [0.05, 0.1) is 22.8 Å². The van der Waals surface area contributed by atoms with E-state index in [1.54, 1.807) is 43.8 Å². The third-order valence-corrected chi connectivity index (χ3v) is 9.34. The molecule has 9 nitrogen and oxygen atoms in total. The van der Waals surface area contributed by atoms with E-state index in [0.29, 0.717) is 22.9 Å². The molecule has 0 radical (unpaired) electrons. The first-order valence-electron chi connectivity index (χ1n) is 15.3. The van der Waals surface area contributed by atoms with Crippen molar-refractivity contribution in [3.8, 4) is 0 Å². The Morgan fingerprint density at radius 3 is 2.50 bits per heavy atom. The fourth-order valence-corrected chi connectivity index (χ4v) is 6.34. The molecule has 4 aromatic rings. The number of hydrogen-bond acceptors (Lipinski definition) is 6. The first-order valence-corrected chi connectivity index (χ1v) is 15.7. The van der Waals surface area contributed by atoms with Gasteiger partial charge in [-0.3, -0.25) is 15.1 Å². The third kappa shape index (κ3) is 6.60. The first-order chi connectivity index (χ1) is 22.2. The van der Waals surface area contributed by atoms with Crippen molar-refractivity contribution >= 4 is 35.0 Å². The molecule has 0 spiro atoms. The Labute approximate surface area is 272 Å². The van der Waals surface area contributed by atoms with Crippen LogP contribution in [0.15, 0.2) is 91.4 Å². The standard InChI is InChI=1S/C35H36ClFN6O3/c1-46-34(24-5-3-2-4-6-24)20-30(43(22-34)33(45)42-31-12-10-27(36)21-40-31)32(44)41-29-19-26(9-11-28(29)37)35(38,16-13-23-7-8-23)25-14-17-39-18-15-25/h2-6,9-12,14-15,17-19,21,23,30H,7-8,13,16,20,22,38H2,1H3,(H,41,44)(H,40,42,45). The number of pyridine rings is 2. The number of hydrogen-bond donors (Lipinski definition) is 3. The zero-order chi connectivity index (χ0) is 32.3. The van der Waals surface area contributed by atoms with Gasteiger partial charge in [-0.25, -0.2) is 14.2 Å². The van der Waals surface area contributed by atoms with Crippen LogP contribution in [0.25, 0.3) is 0 Å². The molecule has 4 N–H and O–H groups in total. The number of nitrogens with two attached hydrogens (primary N) is 1. The van der Waals surface area contributed by atoms with E-state index >= 15 is 4.39 Å². The molecule has 46 heavy (non-hydrogen) atoms. The quantitative estimate of drug-likeness (QED) is 0.183. The summed E-state index contributed by atoms with van der Waals surface area (Å²) in [6.45, 7) is 0.0721. The SMILES string of the molecule is COC1(c2ccccc2)CC(C(=O)Nc2cc(C(N)(CCC3CC3)c3ccncc3)ccc2F)N(C(=O)Nc2ccc(Cl)cn2)C1. The number of benzene rings is 2. The Morgan fingerprint density at radius 2 is 1.83 bits per heavy atom. The van der Waals surface area contributed by atoms with Gasteiger partial charge >= 0.3 is 6.03 Å². The Bertz CT molecular complexity index is 1690. The van der Waals surface area contributed by atoms with Crippen LogP contribution >= 0.6 is 11.6 Å². The normalized spacial score (nSPS) is 20.6. The molecule has 1 aliphatic carbocycles. The van der Waals surface area contributed by atoms with Crippen LogP contribution in [0.3, 0.4) is 0 Å². The third-order valence-electron chi connectivity index (χ3n) is 9.12. The molecule has 6 rings (SSSR count). The van der Waals surface area contributed by atoms with Crippen LogP contribution in [0.4, 0.5) is 20.7 Å². The summed E-state index contributed by atoms with van der Waals surface area (Å²) in [5, 5.41) is 5.93. The van der Waals surface area contributed by atoms with Crippen molar-refractivity contribution in [1.82, 2.24) is 14.9 Å². The first kappa shape index (κ1) is 31.6. The number of carbonyl (C=O) groups excluding carboxylic acids is 2. The zero-order valence-corrected chi connectivity index (χ0v) is 26.2. The van der Waals surface area contributed by atoms with Crippen LogP contribution in [0.2, 0.25) is 5.02 Å². The number of methoxy groups -OCH3 is 1. The van der Waals surface area contributed by atoms with Crippen LogP contribution < -0.4 is 16.4 Å². The van der Waals surface area contributed by atoms with Crippen molar-refractivity contribution < 1.29 is 18.7 Å². The molecule has 2 aliphatic rings. The number of nitrogens with zero attached hydrogens (tertiary/aromatic N) is 3. The largest absolute Gasteiger partial charge is 0.372 e. The highest BCUT2D eigenvalue weighted by molar-refractivity contribution is 6.30. The molecular formula is C35H36ClFN6O3. The second kappa shape index (κ2) is 13.2. The number of halogens is 2. The van der Waals surface area contributed by atoms with Crippen LogP contribution in [0, 0.1) is 11.7 Å². The lowest BCUT2D eigenvalue weighted by molar-refractivity contribution is -0.119. The summed E-state index contributed by atoms with van der Waals surface area (Å²) in [6, 6.07) is 19.3. The summed E-state index contributed by atoms with van der Waals surface area (Å²) >= 11 is 5.97. The smallest absolute Gasteiger partial charge is 0.323 e. The summed E-state index contributed by atoms with van der Waals surface area (Å²) in [7, 11) is 1.55. The molecule has 3 unspecified atom stereocenters. The minimum absolute atomic E-state index is 0.0212. The number of carbonyl (C=O) groups is 2. The number of urea groups is 1. The Kier molecular flexibility index (Phi) is 9.04. The lowest BCUT2D eigenvalue weighted by atomic mass is 9.79. The lowest BCUT2D eigenvalue weighted by Gasteiger charge is -2.31. The van der Waals surface area contributed by atoms with Crippen LogP contribution in [0.5, 0.6) is 0 Å². The molecule has 2 fully saturated rings. The molecule has 2 aromatic heterocycles. The van der Waals surface area contributed by atoms with E-state index in [2.05, 4.69) is 20.6 Å².